The summed E-state index contributed by atoms with van der Waals surface area (Å²) in [6, 6.07) is 3.98. The fourth-order valence-electron chi connectivity index (χ4n) is 1.08. The summed E-state index contributed by atoms with van der Waals surface area (Å²) >= 11 is 5.70. The summed E-state index contributed by atoms with van der Waals surface area (Å²) < 4.78 is 28.2. The van der Waals surface area contributed by atoms with Crippen molar-refractivity contribution < 1.29 is 13.5 Å². The zero-order chi connectivity index (χ0) is 10.7. The molecule has 0 radical (unpaired) electrons. The Bertz CT molecular complexity index is 321. The van der Waals surface area contributed by atoms with Crippen LogP contribution >= 0.6 is 24.0 Å². The predicted molar refractivity (Wildman–Crippen MR) is 57.9 cm³/mol. The van der Waals surface area contributed by atoms with Gasteiger partial charge in [-0.25, -0.2) is 0 Å². The molecule has 1 aromatic rings. The Morgan fingerprint density at radius 2 is 2.00 bits per heavy atom. The number of benzene rings is 1. The first-order chi connectivity index (χ1) is 6.50. The zero-order valence-electron chi connectivity index (χ0n) is 7.91. The second-order valence-electron chi connectivity index (χ2n) is 2.85. The van der Waals surface area contributed by atoms with Crippen molar-refractivity contribution in [2.24, 2.45) is 5.73 Å². The Morgan fingerprint density at radius 1 is 1.40 bits per heavy atom. The summed E-state index contributed by atoms with van der Waals surface area (Å²) in [4.78, 5) is 0. The van der Waals surface area contributed by atoms with Crippen LogP contribution in [0.2, 0.25) is 5.02 Å². The Hall–Kier alpha value is -0.580. The average Bonchev–Trinajstić information content (AvgIpc) is 2.07. The van der Waals surface area contributed by atoms with Crippen LogP contribution in [0.15, 0.2) is 18.2 Å². The van der Waals surface area contributed by atoms with Gasteiger partial charge in [0.2, 0.25) is 0 Å². The lowest BCUT2D eigenvalue weighted by Crippen LogP contribution is -2.10. The van der Waals surface area contributed by atoms with Crippen molar-refractivity contribution in [2.75, 3.05) is 0 Å². The molecule has 0 aliphatic rings. The van der Waals surface area contributed by atoms with Gasteiger partial charge in [0, 0.05) is 16.6 Å². The van der Waals surface area contributed by atoms with Gasteiger partial charge >= 0.3 is 6.61 Å². The maximum absolute atomic E-state index is 12.0. The lowest BCUT2D eigenvalue weighted by molar-refractivity contribution is -0.0505. The second-order valence-corrected chi connectivity index (χ2v) is 3.29. The third-order valence-corrected chi connectivity index (χ3v) is 1.91. The lowest BCUT2D eigenvalue weighted by atomic mass is 10.1. The van der Waals surface area contributed by atoms with Crippen LogP contribution in [-0.4, -0.2) is 6.61 Å². The molecule has 0 heterocycles. The van der Waals surface area contributed by atoms with Gasteiger partial charge in [0.1, 0.15) is 5.75 Å². The number of rotatable bonds is 3. The molecule has 0 spiro atoms. The number of halogens is 4. The molecule has 1 atom stereocenters. The van der Waals surface area contributed by atoms with Gasteiger partial charge in [0.15, 0.2) is 0 Å². The van der Waals surface area contributed by atoms with Crippen LogP contribution in [0.25, 0.3) is 0 Å². The van der Waals surface area contributed by atoms with Crippen molar-refractivity contribution in [2.45, 2.75) is 19.6 Å². The SMILES string of the molecule is C[C@H](N)c1cc(Cl)ccc1OC(F)F.Cl. The van der Waals surface area contributed by atoms with E-state index in [2.05, 4.69) is 4.74 Å². The fraction of sp³-hybridized carbons (Fsp3) is 0.333. The van der Waals surface area contributed by atoms with Gasteiger partial charge in [-0.1, -0.05) is 11.6 Å². The maximum atomic E-state index is 12.0. The van der Waals surface area contributed by atoms with Crippen LogP contribution in [0, 0.1) is 0 Å². The summed E-state index contributed by atoms with van der Waals surface area (Å²) in [7, 11) is 0. The highest BCUT2D eigenvalue weighted by Crippen LogP contribution is 2.28. The standard InChI is InChI=1S/C9H10ClF2NO.ClH/c1-5(13)7-4-6(10)2-3-8(7)14-9(11)12;/h2-5,9H,13H2,1H3;1H/t5-;/m0./s1. The highest BCUT2D eigenvalue weighted by atomic mass is 35.5. The lowest BCUT2D eigenvalue weighted by Gasteiger charge is -2.13. The molecule has 0 unspecified atom stereocenters. The third-order valence-electron chi connectivity index (χ3n) is 1.68. The van der Waals surface area contributed by atoms with E-state index in [1.165, 1.54) is 18.2 Å². The van der Waals surface area contributed by atoms with Crippen molar-refractivity contribution in [3.63, 3.8) is 0 Å². The van der Waals surface area contributed by atoms with Gasteiger partial charge in [0.05, 0.1) is 0 Å². The molecule has 0 aromatic heterocycles. The number of ether oxygens (including phenoxy) is 1. The topological polar surface area (TPSA) is 35.2 Å². The first kappa shape index (κ1) is 14.4. The molecule has 0 saturated carbocycles. The van der Waals surface area contributed by atoms with E-state index in [0.29, 0.717) is 10.6 Å². The van der Waals surface area contributed by atoms with Crippen molar-refractivity contribution >= 4 is 24.0 Å². The molecule has 2 nitrogen and oxygen atoms in total. The van der Waals surface area contributed by atoms with E-state index in [9.17, 15) is 8.78 Å². The number of alkyl halides is 2. The molecule has 0 bridgehead atoms. The van der Waals surface area contributed by atoms with Gasteiger partial charge < -0.3 is 10.5 Å². The molecule has 0 amide bonds. The Morgan fingerprint density at radius 3 is 2.47 bits per heavy atom. The fourth-order valence-corrected chi connectivity index (χ4v) is 1.26. The van der Waals surface area contributed by atoms with Gasteiger partial charge in [-0.15, -0.1) is 12.4 Å². The first-order valence-electron chi connectivity index (χ1n) is 4.00. The van der Waals surface area contributed by atoms with Crippen LogP contribution < -0.4 is 10.5 Å². The van der Waals surface area contributed by atoms with Gasteiger partial charge in [-0.3, -0.25) is 0 Å². The van der Waals surface area contributed by atoms with Crippen molar-refractivity contribution in [3.05, 3.63) is 28.8 Å². The molecule has 1 aromatic carbocycles. The smallest absolute Gasteiger partial charge is 0.387 e. The van der Waals surface area contributed by atoms with E-state index in [4.69, 9.17) is 17.3 Å². The minimum atomic E-state index is -2.85. The average molecular weight is 258 g/mol. The molecule has 0 aliphatic carbocycles. The van der Waals surface area contributed by atoms with Crippen molar-refractivity contribution in [3.8, 4) is 5.75 Å². The Labute approximate surface area is 97.8 Å². The van der Waals surface area contributed by atoms with E-state index in [1.54, 1.807) is 6.92 Å². The zero-order valence-corrected chi connectivity index (χ0v) is 9.49. The van der Waals surface area contributed by atoms with Crippen LogP contribution in [0.1, 0.15) is 18.5 Å². The molecule has 0 saturated heterocycles. The molecule has 1 rings (SSSR count). The summed E-state index contributed by atoms with van der Waals surface area (Å²) in [5.41, 5.74) is 6.05. The Balaban J connectivity index is 0.00000196. The van der Waals surface area contributed by atoms with Crippen LogP contribution in [0.4, 0.5) is 8.78 Å². The van der Waals surface area contributed by atoms with E-state index in [0.717, 1.165) is 0 Å². The number of hydrogen-bond donors (Lipinski definition) is 1. The number of hydrogen-bond acceptors (Lipinski definition) is 2. The van der Waals surface area contributed by atoms with E-state index in [-0.39, 0.29) is 18.2 Å². The molecular weight excluding hydrogens is 247 g/mol. The minimum Gasteiger partial charge on any atom is -0.434 e. The highest BCUT2D eigenvalue weighted by molar-refractivity contribution is 6.30. The van der Waals surface area contributed by atoms with E-state index >= 15 is 0 Å². The monoisotopic (exact) mass is 257 g/mol. The molecular formula is C9H11Cl2F2NO. The van der Waals surface area contributed by atoms with Gasteiger partial charge in [0.25, 0.3) is 0 Å². The maximum Gasteiger partial charge on any atom is 0.387 e. The summed E-state index contributed by atoms with van der Waals surface area (Å²) in [5, 5.41) is 0.443. The van der Waals surface area contributed by atoms with Crippen molar-refractivity contribution in [1.82, 2.24) is 0 Å². The minimum absolute atomic E-state index is 0. The van der Waals surface area contributed by atoms with Gasteiger partial charge in [-0.05, 0) is 25.1 Å². The van der Waals surface area contributed by atoms with Crippen molar-refractivity contribution in [1.29, 1.82) is 0 Å². The normalized spacial score (nSPS) is 12.1. The van der Waals surface area contributed by atoms with Gasteiger partial charge in [-0.2, -0.15) is 8.78 Å². The van der Waals surface area contributed by atoms with Crippen LogP contribution in [0.3, 0.4) is 0 Å². The third kappa shape index (κ3) is 4.20. The van der Waals surface area contributed by atoms with Crippen LogP contribution in [-0.2, 0) is 0 Å². The predicted octanol–water partition coefficient (Wildman–Crippen LogP) is 3.38. The highest BCUT2D eigenvalue weighted by Gasteiger charge is 2.12. The summed E-state index contributed by atoms with van der Waals surface area (Å²) in [6.45, 7) is -1.18. The molecule has 0 fully saturated rings. The van der Waals surface area contributed by atoms with E-state index in [1.807, 2.05) is 0 Å². The molecule has 0 aliphatic heterocycles. The summed E-state index contributed by atoms with van der Waals surface area (Å²) in [5.74, 6) is 0.0689. The summed E-state index contributed by atoms with van der Waals surface area (Å²) in [6.07, 6.45) is 0. The van der Waals surface area contributed by atoms with Crippen LogP contribution in [0.5, 0.6) is 5.75 Å². The Kier molecular flexibility index (Phi) is 5.87. The number of nitrogens with two attached hydrogens (primary N) is 1. The first-order valence-corrected chi connectivity index (χ1v) is 4.38. The van der Waals surface area contributed by atoms with E-state index < -0.39 is 12.7 Å². The largest absolute Gasteiger partial charge is 0.434 e. The second kappa shape index (κ2) is 6.10. The molecule has 2 N–H and O–H groups in total. The molecule has 15 heavy (non-hydrogen) atoms. The molecule has 86 valence electrons. The molecule has 6 heteroatoms. The quantitative estimate of drug-likeness (QED) is 0.901.